The number of aromatic nitrogens is 1. The Morgan fingerprint density at radius 1 is 1.44 bits per heavy atom. The number of nitrogens with zero attached hydrogens (tertiary/aromatic N) is 2. The van der Waals surface area contributed by atoms with Gasteiger partial charge in [-0.05, 0) is 43.7 Å². The molecule has 2 rings (SSSR count). The molecular weight excluding hydrogens is 342 g/mol. The third kappa shape index (κ3) is 7.17. The molecule has 0 aromatic carbocycles. The lowest BCUT2D eigenvalue weighted by Gasteiger charge is -2.20. The van der Waals surface area contributed by atoms with E-state index in [0.29, 0.717) is 30.2 Å². The predicted octanol–water partition coefficient (Wildman–Crippen LogP) is 1.97. The fourth-order valence-corrected chi connectivity index (χ4v) is 2.58. The monoisotopic (exact) mass is 367 g/mol. The Morgan fingerprint density at radius 2 is 2.24 bits per heavy atom. The first-order valence-corrected chi connectivity index (χ1v) is 8.98. The van der Waals surface area contributed by atoms with Gasteiger partial charge in [0.1, 0.15) is 5.15 Å². The number of aliphatic imine (C=N–C) groups is 1. The van der Waals surface area contributed by atoms with Crippen molar-refractivity contribution in [2.45, 2.75) is 32.2 Å². The average Bonchev–Trinajstić information content (AvgIpc) is 3.43. The Morgan fingerprint density at radius 3 is 2.84 bits per heavy atom. The Bertz CT molecular complexity index is 575. The minimum atomic E-state index is -0.362. The molecule has 0 radical (unpaired) electrons. The standard InChI is InChI=1S/C17H26ClN5O2/c1-3-25-17(24)23-14(13-5-6-13)11-22-16(19-2)20-9-8-12-4-7-15(18)21-10-12/h4,7,10,13-14H,3,5-6,8-9,11H2,1-2H3,(H,23,24)(H2,19,20,22). The lowest BCUT2D eigenvalue weighted by atomic mass is 10.2. The summed E-state index contributed by atoms with van der Waals surface area (Å²) in [5.74, 6) is 1.22. The molecule has 0 saturated heterocycles. The normalized spacial score (nSPS) is 15.4. The summed E-state index contributed by atoms with van der Waals surface area (Å²) in [6.07, 6.45) is 4.49. The van der Waals surface area contributed by atoms with Crippen molar-refractivity contribution in [3.05, 3.63) is 29.0 Å². The molecule has 1 atom stereocenters. The summed E-state index contributed by atoms with van der Waals surface area (Å²) in [5.41, 5.74) is 1.10. The van der Waals surface area contributed by atoms with Gasteiger partial charge < -0.3 is 20.7 Å². The van der Waals surface area contributed by atoms with E-state index in [4.69, 9.17) is 16.3 Å². The second-order valence-electron chi connectivity index (χ2n) is 5.93. The zero-order valence-corrected chi connectivity index (χ0v) is 15.5. The maximum absolute atomic E-state index is 11.6. The molecular formula is C17H26ClN5O2. The molecule has 1 aliphatic carbocycles. The second kappa shape index (κ2) is 10.1. The number of guanidine groups is 1. The minimum Gasteiger partial charge on any atom is -0.450 e. The van der Waals surface area contributed by atoms with Gasteiger partial charge in [-0.15, -0.1) is 0 Å². The van der Waals surface area contributed by atoms with E-state index in [1.807, 2.05) is 6.07 Å². The van der Waals surface area contributed by atoms with Gasteiger partial charge in [0.15, 0.2) is 5.96 Å². The fraction of sp³-hybridized carbons (Fsp3) is 0.588. The molecule has 3 N–H and O–H groups in total. The molecule has 1 aromatic heterocycles. The third-order valence-corrected chi connectivity index (χ3v) is 4.20. The number of alkyl carbamates (subject to hydrolysis) is 1. The van der Waals surface area contributed by atoms with Crippen LogP contribution in [-0.4, -0.2) is 49.8 Å². The van der Waals surface area contributed by atoms with Crippen LogP contribution < -0.4 is 16.0 Å². The van der Waals surface area contributed by atoms with Gasteiger partial charge in [-0.25, -0.2) is 9.78 Å². The number of carbonyl (C=O) groups excluding carboxylic acids is 1. The predicted molar refractivity (Wildman–Crippen MR) is 99.0 cm³/mol. The maximum atomic E-state index is 11.6. The maximum Gasteiger partial charge on any atom is 0.407 e. The number of halogens is 1. The first-order valence-electron chi connectivity index (χ1n) is 8.60. The van der Waals surface area contributed by atoms with Crippen molar-refractivity contribution in [3.8, 4) is 0 Å². The van der Waals surface area contributed by atoms with Crippen LogP contribution in [0.25, 0.3) is 0 Å². The van der Waals surface area contributed by atoms with E-state index in [0.717, 1.165) is 31.4 Å². The van der Waals surface area contributed by atoms with Gasteiger partial charge in [0.25, 0.3) is 0 Å². The molecule has 8 heteroatoms. The van der Waals surface area contributed by atoms with Crippen LogP contribution in [0.2, 0.25) is 5.15 Å². The van der Waals surface area contributed by atoms with E-state index in [1.165, 1.54) is 0 Å². The Balaban J connectivity index is 1.72. The van der Waals surface area contributed by atoms with E-state index in [1.54, 1.807) is 26.2 Å². The summed E-state index contributed by atoms with van der Waals surface area (Å²) in [7, 11) is 1.73. The van der Waals surface area contributed by atoms with Crippen molar-refractivity contribution in [2.24, 2.45) is 10.9 Å². The summed E-state index contributed by atoms with van der Waals surface area (Å²) in [4.78, 5) is 19.9. The van der Waals surface area contributed by atoms with Gasteiger partial charge in [-0.1, -0.05) is 17.7 Å². The highest BCUT2D eigenvalue weighted by Crippen LogP contribution is 2.32. The molecule has 0 spiro atoms. The summed E-state index contributed by atoms with van der Waals surface area (Å²) in [6, 6.07) is 3.79. The molecule has 0 aliphatic heterocycles. The van der Waals surface area contributed by atoms with Gasteiger partial charge in [-0.3, -0.25) is 4.99 Å². The molecule has 0 bridgehead atoms. The third-order valence-electron chi connectivity index (χ3n) is 3.98. The Labute approximate surface area is 153 Å². The average molecular weight is 368 g/mol. The number of pyridine rings is 1. The molecule has 7 nitrogen and oxygen atoms in total. The van der Waals surface area contributed by atoms with Gasteiger partial charge in [0.05, 0.1) is 12.6 Å². The van der Waals surface area contributed by atoms with E-state index < -0.39 is 0 Å². The molecule has 1 unspecified atom stereocenters. The smallest absolute Gasteiger partial charge is 0.407 e. The number of ether oxygens (including phenoxy) is 1. The van der Waals surface area contributed by atoms with Crippen LogP contribution in [-0.2, 0) is 11.2 Å². The van der Waals surface area contributed by atoms with E-state index in [2.05, 4.69) is 25.9 Å². The first kappa shape index (κ1) is 19.3. The fourth-order valence-electron chi connectivity index (χ4n) is 2.47. The van der Waals surface area contributed by atoms with Crippen molar-refractivity contribution in [1.82, 2.24) is 20.9 Å². The minimum absolute atomic E-state index is 0.0538. The highest BCUT2D eigenvalue weighted by atomic mass is 35.5. The quantitative estimate of drug-likeness (QED) is 0.371. The summed E-state index contributed by atoms with van der Waals surface area (Å²) >= 11 is 5.78. The Hall–Kier alpha value is -2.02. The largest absolute Gasteiger partial charge is 0.450 e. The van der Waals surface area contributed by atoms with Crippen LogP contribution in [0.3, 0.4) is 0 Å². The highest BCUT2D eigenvalue weighted by molar-refractivity contribution is 6.29. The lowest BCUT2D eigenvalue weighted by Crippen LogP contribution is -2.48. The second-order valence-corrected chi connectivity index (χ2v) is 6.32. The molecule has 1 amide bonds. The number of amides is 1. The van der Waals surface area contributed by atoms with Crippen LogP contribution in [0, 0.1) is 5.92 Å². The van der Waals surface area contributed by atoms with Gasteiger partial charge >= 0.3 is 6.09 Å². The lowest BCUT2D eigenvalue weighted by molar-refractivity contribution is 0.146. The van der Waals surface area contributed by atoms with Crippen LogP contribution in [0.4, 0.5) is 4.79 Å². The SMILES string of the molecule is CCOC(=O)NC(CNC(=NC)NCCc1ccc(Cl)nc1)C1CC1. The van der Waals surface area contributed by atoms with Crippen molar-refractivity contribution in [2.75, 3.05) is 26.7 Å². The topological polar surface area (TPSA) is 87.6 Å². The van der Waals surface area contributed by atoms with Gasteiger partial charge in [0, 0.05) is 26.3 Å². The number of rotatable bonds is 8. The van der Waals surface area contributed by atoms with Gasteiger partial charge in [-0.2, -0.15) is 0 Å². The Kier molecular flexibility index (Phi) is 7.78. The van der Waals surface area contributed by atoms with Crippen molar-refractivity contribution in [1.29, 1.82) is 0 Å². The van der Waals surface area contributed by atoms with Gasteiger partial charge in [0.2, 0.25) is 0 Å². The van der Waals surface area contributed by atoms with Crippen LogP contribution >= 0.6 is 11.6 Å². The highest BCUT2D eigenvalue weighted by Gasteiger charge is 2.32. The van der Waals surface area contributed by atoms with E-state index in [9.17, 15) is 4.79 Å². The number of hydrogen-bond donors (Lipinski definition) is 3. The summed E-state index contributed by atoms with van der Waals surface area (Å²) in [5, 5.41) is 9.94. The van der Waals surface area contributed by atoms with Crippen LogP contribution in [0.15, 0.2) is 23.3 Å². The first-order chi connectivity index (χ1) is 12.1. The number of carbonyl (C=O) groups is 1. The van der Waals surface area contributed by atoms with Crippen LogP contribution in [0.1, 0.15) is 25.3 Å². The molecule has 1 heterocycles. The molecule has 25 heavy (non-hydrogen) atoms. The van der Waals surface area contributed by atoms with E-state index in [-0.39, 0.29) is 12.1 Å². The summed E-state index contributed by atoms with van der Waals surface area (Å²) < 4.78 is 4.97. The molecule has 1 saturated carbocycles. The van der Waals surface area contributed by atoms with Crippen molar-refractivity contribution in [3.63, 3.8) is 0 Å². The molecule has 1 aromatic rings. The number of hydrogen-bond acceptors (Lipinski definition) is 4. The molecule has 1 fully saturated rings. The van der Waals surface area contributed by atoms with Crippen molar-refractivity contribution >= 4 is 23.7 Å². The number of nitrogens with one attached hydrogen (secondary N) is 3. The zero-order chi connectivity index (χ0) is 18.1. The van der Waals surface area contributed by atoms with E-state index >= 15 is 0 Å². The molecule has 138 valence electrons. The van der Waals surface area contributed by atoms with Crippen LogP contribution in [0.5, 0.6) is 0 Å². The zero-order valence-electron chi connectivity index (χ0n) is 14.7. The molecule has 1 aliphatic rings. The van der Waals surface area contributed by atoms with Crippen molar-refractivity contribution < 1.29 is 9.53 Å². The summed E-state index contributed by atoms with van der Waals surface area (Å²) in [6.45, 7) is 3.51.